The molecule has 1 heterocycles. The fourth-order valence-corrected chi connectivity index (χ4v) is 2.84. The lowest BCUT2D eigenvalue weighted by atomic mass is 9.96. The van der Waals surface area contributed by atoms with Gasteiger partial charge < -0.3 is 5.73 Å². The predicted octanol–water partition coefficient (Wildman–Crippen LogP) is 2.82. The summed E-state index contributed by atoms with van der Waals surface area (Å²) in [7, 11) is 0. The van der Waals surface area contributed by atoms with Gasteiger partial charge in [0.1, 0.15) is 0 Å². The van der Waals surface area contributed by atoms with Crippen molar-refractivity contribution in [2.24, 2.45) is 11.7 Å². The number of halogens is 1. The Bertz CT molecular complexity index is 382. The van der Waals surface area contributed by atoms with E-state index in [0.29, 0.717) is 12.0 Å². The zero-order chi connectivity index (χ0) is 12.4. The largest absolute Gasteiger partial charge is 0.327 e. The second-order valence-corrected chi connectivity index (χ2v) is 5.79. The van der Waals surface area contributed by atoms with Crippen LogP contribution in [-0.4, -0.2) is 24.0 Å². The summed E-state index contributed by atoms with van der Waals surface area (Å²) in [6.07, 6.45) is 1.14. The molecule has 0 aliphatic carbocycles. The fourth-order valence-electron chi connectivity index (χ4n) is 2.63. The minimum absolute atomic E-state index is 0.319. The summed E-state index contributed by atoms with van der Waals surface area (Å²) < 4.78 is 0. The average Bonchev–Trinajstić information content (AvgIpc) is 2.22. The summed E-state index contributed by atoms with van der Waals surface area (Å²) in [5.74, 6) is 0.694. The third-order valence-electron chi connectivity index (χ3n) is 3.41. The van der Waals surface area contributed by atoms with Gasteiger partial charge in [-0.15, -0.1) is 0 Å². The molecule has 0 saturated carbocycles. The molecule has 17 heavy (non-hydrogen) atoms. The van der Waals surface area contributed by atoms with Crippen LogP contribution in [0.2, 0.25) is 5.02 Å². The van der Waals surface area contributed by atoms with Crippen molar-refractivity contribution in [2.75, 3.05) is 13.1 Å². The highest BCUT2D eigenvalue weighted by atomic mass is 35.5. The molecular weight excluding hydrogens is 232 g/mol. The first-order valence-corrected chi connectivity index (χ1v) is 6.65. The molecule has 2 unspecified atom stereocenters. The zero-order valence-corrected chi connectivity index (χ0v) is 11.4. The molecule has 2 N–H and O–H groups in total. The van der Waals surface area contributed by atoms with Gasteiger partial charge in [-0.25, -0.2) is 0 Å². The molecule has 0 bridgehead atoms. The summed E-state index contributed by atoms with van der Waals surface area (Å²) in [5, 5.41) is 0.858. The van der Waals surface area contributed by atoms with Gasteiger partial charge in [0.15, 0.2) is 0 Å². The second-order valence-electron chi connectivity index (χ2n) is 5.38. The van der Waals surface area contributed by atoms with E-state index in [9.17, 15) is 0 Å². The maximum absolute atomic E-state index is 6.15. The Kier molecular flexibility index (Phi) is 4.08. The molecule has 0 amide bonds. The van der Waals surface area contributed by atoms with E-state index in [1.807, 2.05) is 6.92 Å². The number of nitrogens with zero attached hydrogens (tertiary/aromatic N) is 1. The Hall–Kier alpha value is -0.570. The first-order valence-electron chi connectivity index (χ1n) is 6.27. The van der Waals surface area contributed by atoms with E-state index in [0.717, 1.165) is 36.6 Å². The van der Waals surface area contributed by atoms with Crippen molar-refractivity contribution in [1.29, 1.82) is 0 Å². The highest BCUT2D eigenvalue weighted by Crippen LogP contribution is 2.21. The topological polar surface area (TPSA) is 29.3 Å². The van der Waals surface area contributed by atoms with E-state index >= 15 is 0 Å². The van der Waals surface area contributed by atoms with Crippen LogP contribution in [0.1, 0.15) is 24.5 Å². The summed E-state index contributed by atoms with van der Waals surface area (Å²) in [5.41, 5.74) is 8.47. The molecular formula is C14H21ClN2. The van der Waals surface area contributed by atoms with Crippen LogP contribution >= 0.6 is 11.6 Å². The van der Waals surface area contributed by atoms with Crippen LogP contribution in [-0.2, 0) is 6.54 Å². The lowest BCUT2D eigenvalue weighted by Gasteiger charge is -2.34. The minimum atomic E-state index is 0.319. The van der Waals surface area contributed by atoms with Crippen molar-refractivity contribution in [2.45, 2.75) is 32.9 Å². The van der Waals surface area contributed by atoms with Gasteiger partial charge in [-0.1, -0.05) is 30.7 Å². The van der Waals surface area contributed by atoms with E-state index in [1.165, 1.54) is 5.56 Å². The highest BCUT2D eigenvalue weighted by molar-refractivity contribution is 6.31. The van der Waals surface area contributed by atoms with Crippen LogP contribution in [0.3, 0.4) is 0 Å². The van der Waals surface area contributed by atoms with Crippen molar-refractivity contribution in [1.82, 2.24) is 4.90 Å². The summed E-state index contributed by atoms with van der Waals surface area (Å²) >= 11 is 6.15. The number of benzene rings is 1. The Morgan fingerprint density at radius 3 is 2.82 bits per heavy atom. The van der Waals surface area contributed by atoms with Gasteiger partial charge in [0.2, 0.25) is 0 Å². The van der Waals surface area contributed by atoms with E-state index in [2.05, 4.69) is 30.0 Å². The van der Waals surface area contributed by atoms with Crippen molar-refractivity contribution >= 4 is 11.6 Å². The standard InChI is InChI=1S/C14H21ClN2/c1-10-5-13(16)9-17(7-10)8-12-4-3-11(2)14(15)6-12/h3-4,6,10,13H,5,7-9,16H2,1-2H3. The molecule has 0 spiro atoms. The Morgan fingerprint density at radius 2 is 2.18 bits per heavy atom. The smallest absolute Gasteiger partial charge is 0.0438 e. The molecule has 3 heteroatoms. The molecule has 1 aliphatic heterocycles. The molecule has 1 aliphatic rings. The lowest BCUT2D eigenvalue weighted by molar-refractivity contribution is 0.158. The number of rotatable bonds is 2. The second kappa shape index (κ2) is 5.38. The van der Waals surface area contributed by atoms with Crippen molar-refractivity contribution in [3.8, 4) is 0 Å². The number of nitrogens with two attached hydrogens (primary N) is 1. The Morgan fingerprint density at radius 1 is 1.41 bits per heavy atom. The number of aryl methyl sites for hydroxylation is 1. The number of hydrogen-bond acceptors (Lipinski definition) is 2. The molecule has 2 atom stereocenters. The Labute approximate surface area is 109 Å². The third kappa shape index (κ3) is 3.44. The summed E-state index contributed by atoms with van der Waals surface area (Å²) in [4.78, 5) is 2.43. The van der Waals surface area contributed by atoms with E-state index in [-0.39, 0.29) is 0 Å². The van der Waals surface area contributed by atoms with Crippen LogP contribution in [0.15, 0.2) is 18.2 Å². The molecule has 1 aromatic carbocycles. The third-order valence-corrected chi connectivity index (χ3v) is 3.82. The number of likely N-dealkylation sites (tertiary alicyclic amines) is 1. The monoisotopic (exact) mass is 252 g/mol. The number of hydrogen-bond donors (Lipinski definition) is 1. The Balaban J connectivity index is 2.02. The average molecular weight is 253 g/mol. The fraction of sp³-hybridized carbons (Fsp3) is 0.571. The predicted molar refractivity (Wildman–Crippen MR) is 73.2 cm³/mol. The van der Waals surface area contributed by atoms with Gasteiger partial charge >= 0.3 is 0 Å². The maximum atomic E-state index is 6.15. The molecule has 1 fully saturated rings. The van der Waals surface area contributed by atoms with Gasteiger partial charge in [-0.05, 0) is 36.5 Å². The molecule has 2 nitrogen and oxygen atoms in total. The van der Waals surface area contributed by atoms with E-state index in [1.54, 1.807) is 0 Å². The first-order chi connectivity index (χ1) is 8.04. The van der Waals surface area contributed by atoms with E-state index < -0.39 is 0 Å². The van der Waals surface area contributed by atoms with Crippen LogP contribution < -0.4 is 5.73 Å². The molecule has 0 aromatic heterocycles. The minimum Gasteiger partial charge on any atom is -0.327 e. The molecule has 1 saturated heterocycles. The SMILES string of the molecule is Cc1ccc(CN2CC(C)CC(N)C2)cc1Cl. The van der Waals surface area contributed by atoms with Gasteiger partial charge in [0.05, 0.1) is 0 Å². The lowest BCUT2D eigenvalue weighted by Crippen LogP contribution is -2.45. The van der Waals surface area contributed by atoms with Gasteiger partial charge in [0.25, 0.3) is 0 Å². The quantitative estimate of drug-likeness (QED) is 0.877. The van der Waals surface area contributed by atoms with Crippen LogP contribution in [0.5, 0.6) is 0 Å². The van der Waals surface area contributed by atoms with Crippen molar-refractivity contribution in [3.63, 3.8) is 0 Å². The van der Waals surface area contributed by atoms with Gasteiger partial charge in [-0.2, -0.15) is 0 Å². The zero-order valence-electron chi connectivity index (χ0n) is 10.6. The van der Waals surface area contributed by atoms with Gasteiger partial charge in [-0.3, -0.25) is 4.90 Å². The molecule has 94 valence electrons. The highest BCUT2D eigenvalue weighted by Gasteiger charge is 2.21. The maximum Gasteiger partial charge on any atom is 0.0438 e. The number of piperidine rings is 1. The van der Waals surface area contributed by atoms with Crippen molar-refractivity contribution in [3.05, 3.63) is 34.3 Å². The first kappa shape index (κ1) is 12.9. The summed E-state index contributed by atoms with van der Waals surface area (Å²) in [6, 6.07) is 6.64. The van der Waals surface area contributed by atoms with E-state index in [4.69, 9.17) is 17.3 Å². The molecule has 0 radical (unpaired) electrons. The van der Waals surface area contributed by atoms with Crippen LogP contribution in [0.4, 0.5) is 0 Å². The molecule has 1 aromatic rings. The molecule has 2 rings (SSSR count). The normalized spacial score (nSPS) is 26.1. The van der Waals surface area contributed by atoms with Gasteiger partial charge in [0, 0.05) is 30.7 Å². The van der Waals surface area contributed by atoms with Crippen LogP contribution in [0.25, 0.3) is 0 Å². The van der Waals surface area contributed by atoms with Crippen molar-refractivity contribution < 1.29 is 0 Å². The summed E-state index contributed by atoms with van der Waals surface area (Å²) in [6.45, 7) is 7.40. The van der Waals surface area contributed by atoms with Crippen LogP contribution in [0, 0.1) is 12.8 Å².